The lowest BCUT2D eigenvalue weighted by Gasteiger charge is -2.10. The average molecular weight is 398 g/mol. The van der Waals surface area contributed by atoms with Crippen LogP contribution in [0, 0.1) is 0 Å². The Morgan fingerprint density at radius 2 is 1.80 bits per heavy atom. The summed E-state index contributed by atoms with van der Waals surface area (Å²) in [4.78, 5) is 4.89. The standard InChI is InChI=1S/C20H18BrNO.C2H6/c1-23-17-7-8-18-16(12-21)10-19(22-20(18)11-17)15-6-5-13-3-2-4-14(13)9-15;1-2/h5-11H,2-4,12H2,1H3;1-2H3. The molecule has 2 nitrogen and oxygen atoms in total. The van der Waals surface area contributed by atoms with E-state index < -0.39 is 0 Å². The van der Waals surface area contributed by atoms with Crippen LogP contribution < -0.4 is 4.74 Å². The lowest BCUT2D eigenvalue weighted by atomic mass is 10.0. The number of ether oxygens (including phenoxy) is 1. The van der Waals surface area contributed by atoms with Gasteiger partial charge >= 0.3 is 0 Å². The molecule has 0 radical (unpaired) electrons. The lowest BCUT2D eigenvalue weighted by molar-refractivity contribution is 0.415. The first-order chi connectivity index (χ1) is 12.3. The van der Waals surface area contributed by atoms with E-state index in [0.717, 1.165) is 22.3 Å². The summed E-state index contributed by atoms with van der Waals surface area (Å²) < 4.78 is 5.35. The summed E-state index contributed by atoms with van der Waals surface area (Å²) in [6, 6.07) is 15.1. The molecule has 130 valence electrons. The van der Waals surface area contributed by atoms with Crippen molar-refractivity contribution in [3.63, 3.8) is 0 Å². The minimum Gasteiger partial charge on any atom is -0.497 e. The second-order valence-electron chi connectivity index (χ2n) is 6.02. The zero-order valence-corrected chi connectivity index (χ0v) is 16.7. The fourth-order valence-electron chi connectivity index (χ4n) is 3.40. The molecule has 3 heteroatoms. The quantitative estimate of drug-likeness (QED) is 0.482. The van der Waals surface area contributed by atoms with Gasteiger partial charge in [0.2, 0.25) is 0 Å². The molecule has 0 saturated heterocycles. The smallest absolute Gasteiger partial charge is 0.121 e. The summed E-state index contributed by atoms with van der Waals surface area (Å²) in [7, 11) is 1.69. The molecule has 0 aliphatic heterocycles. The van der Waals surface area contributed by atoms with Gasteiger partial charge in [0.1, 0.15) is 5.75 Å². The second kappa shape index (κ2) is 8.01. The molecular formula is C22H24BrNO. The Bertz CT molecular complexity index is 889. The third kappa shape index (κ3) is 3.57. The van der Waals surface area contributed by atoms with Crippen LogP contribution in [-0.2, 0) is 18.2 Å². The topological polar surface area (TPSA) is 22.1 Å². The zero-order chi connectivity index (χ0) is 17.8. The number of benzene rings is 2. The Balaban J connectivity index is 0.000000880. The third-order valence-corrected chi connectivity index (χ3v) is 5.25. The highest BCUT2D eigenvalue weighted by Gasteiger charge is 2.13. The number of halogens is 1. The number of nitrogens with zero attached hydrogens (tertiary/aromatic N) is 1. The van der Waals surface area contributed by atoms with Crippen molar-refractivity contribution in [1.82, 2.24) is 4.98 Å². The fourth-order valence-corrected chi connectivity index (χ4v) is 3.86. The van der Waals surface area contributed by atoms with Crippen LogP contribution in [0.5, 0.6) is 5.75 Å². The molecule has 2 aromatic carbocycles. The molecule has 0 N–H and O–H groups in total. The maximum atomic E-state index is 5.35. The number of rotatable bonds is 3. The van der Waals surface area contributed by atoms with E-state index in [1.807, 2.05) is 26.0 Å². The fraction of sp³-hybridized carbons (Fsp3) is 0.318. The van der Waals surface area contributed by atoms with Crippen LogP contribution in [0.2, 0.25) is 0 Å². The summed E-state index contributed by atoms with van der Waals surface area (Å²) in [5.41, 5.74) is 7.46. The summed E-state index contributed by atoms with van der Waals surface area (Å²) in [6.45, 7) is 4.00. The van der Waals surface area contributed by atoms with Crippen LogP contribution in [0.4, 0.5) is 0 Å². The highest BCUT2D eigenvalue weighted by atomic mass is 79.9. The maximum absolute atomic E-state index is 5.35. The Kier molecular flexibility index (Phi) is 5.74. The van der Waals surface area contributed by atoms with E-state index in [1.165, 1.54) is 46.9 Å². The molecule has 0 bridgehead atoms. The third-order valence-electron chi connectivity index (χ3n) is 4.64. The van der Waals surface area contributed by atoms with Gasteiger partial charge < -0.3 is 4.74 Å². The Morgan fingerprint density at radius 1 is 1.00 bits per heavy atom. The van der Waals surface area contributed by atoms with E-state index in [9.17, 15) is 0 Å². The number of aromatic nitrogens is 1. The van der Waals surface area contributed by atoms with Crippen molar-refractivity contribution in [2.75, 3.05) is 7.11 Å². The van der Waals surface area contributed by atoms with Crippen molar-refractivity contribution in [2.24, 2.45) is 0 Å². The van der Waals surface area contributed by atoms with Crippen LogP contribution in [0.1, 0.15) is 37.0 Å². The number of pyridine rings is 1. The summed E-state index contributed by atoms with van der Waals surface area (Å²) in [5, 5.41) is 1.99. The predicted molar refractivity (Wildman–Crippen MR) is 110 cm³/mol. The molecule has 1 heterocycles. The molecule has 0 atom stereocenters. The molecule has 1 aliphatic carbocycles. The van der Waals surface area contributed by atoms with Crippen molar-refractivity contribution in [2.45, 2.75) is 38.4 Å². The first-order valence-corrected chi connectivity index (χ1v) is 10.1. The van der Waals surface area contributed by atoms with Gasteiger partial charge in [-0.2, -0.15) is 0 Å². The largest absolute Gasteiger partial charge is 0.497 e. The molecular weight excluding hydrogens is 374 g/mol. The van der Waals surface area contributed by atoms with Crippen LogP contribution in [0.25, 0.3) is 22.2 Å². The number of alkyl halides is 1. The van der Waals surface area contributed by atoms with Crippen molar-refractivity contribution in [3.8, 4) is 17.0 Å². The van der Waals surface area contributed by atoms with Crippen LogP contribution >= 0.6 is 15.9 Å². The molecule has 0 spiro atoms. The van der Waals surface area contributed by atoms with Crippen LogP contribution in [0.3, 0.4) is 0 Å². The van der Waals surface area contributed by atoms with Gasteiger partial charge in [0.25, 0.3) is 0 Å². The second-order valence-corrected chi connectivity index (χ2v) is 6.58. The van der Waals surface area contributed by atoms with Crippen LogP contribution in [0.15, 0.2) is 42.5 Å². The molecule has 3 aromatic rings. The first-order valence-electron chi connectivity index (χ1n) is 8.94. The van der Waals surface area contributed by atoms with Gasteiger partial charge in [-0.25, -0.2) is 4.98 Å². The molecule has 0 fully saturated rings. The molecule has 0 saturated carbocycles. The number of hydrogen-bond donors (Lipinski definition) is 0. The van der Waals surface area contributed by atoms with Crippen molar-refractivity contribution < 1.29 is 4.74 Å². The van der Waals surface area contributed by atoms with Crippen molar-refractivity contribution >= 4 is 26.8 Å². The monoisotopic (exact) mass is 397 g/mol. The molecule has 25 heavy (non-hydrogen) atoms. The van der Waals surface area contributed by atoms with Gasteiger partial charge in [-0.3, -0.25) is 0 Å². The van der Waals surface area contributed by atoms with E-state index in [0.29, 0.717) is 0 Å². The number of fused-ring (bicyclic) bond motifs is 2. The number of aryl methyl sites for hydroxylation is 2. The van der Waals surface area contributed by atoms with Gasteiger partial charge in [0.15, 0.2) is 0 Å². The highest BCUT2D eigenvalue weighted by molar-refractivity contribution is 9.08. The molecule has 1 aliphatic rings. The number of hydrogen-bond acceptors (Lipinski definition) is 2. The van der Waals surface area contributed by atoms with E-state index in [-0.39, 0.29) is 0 Å². The van der Waals surface area contributed by atoms with Gasteiger partial charge in [-0.1, -0.05) is 41.9 Å². The Labute approximate surface area is 158 Å². The number of methoxy groups -OCH3 is 1. The summed E-state index contributed by atoms with van der Waals surface area (Å²) in [5.74, 6) is 0.844. The summed E-state index contributed by atoms with van der Waals surface area (Å²) in [6.07, 6.45) is 3.67. The van der Waals surface area contributed by atoms with Gasteiger partial charge in [-0.05, 0) is 60.2 Å². The van der Waals surface area contributed by atoms with Gasteiger partial charge in [0, 0.05) is 22.3 Å². The van der Waals surface area contributed by atoms with E-state index >= 15 is 0 Å². The van der Waals surface area contributed by atoms with Gasteiger partial charge in [0.05, 0.1) is 18.3 Å². The van der Waals surface area contributed by atoms with Crippen molar-refractivity contribution in [3.05, 3.63) is 59.2 Å². The molecule has 0 unspecified atom stereocenters. The SMILES string of the molecule is CC.COc1ccc2c(CBr)cc(-c3ccc4c(c3)CCC4)nc2c1. The van der Waals surface area contributed by atoms with E-state index in [1.54, 1.807) is 7.11 Å². The van der Waals surface area contributed by atoms with E-state index in [2.05, 4.69) is 46.3 Å². The minimum atomic E-state index is 0.816. The predicted octanol–water partition coefficient (Wildman–Crippen LogP) is 6.32. The normalized spacial score (nSPS) is 12.5. The molecule has 4 rings (SSSR count). The lowest BCUT2D eigenvalue weighted by Crippen LogP contribution is -1.93. The van der Waals surface area contributed by atoms with Crippen molar-refractivity contribution in [1.29, 1.82) is 0 Å². The molecule has 1 aromatic heterocycles. The van der Waals surface area contributed by atoms with Crippen LogP contribution in [-0.4, -0.2) is 12.1 Å². The Morgan fingerprint density at radius 3 is 2.56 bits per heavy atom. The summed E-state index contributed by atoms with van der Waals surface area (Å²) >= 11 is 3.61. The Hall–Kier alpha value is -1.87. The average Bonchev–Trinajstić information content (AvgIpc) is 3.15. The molecule has 0 amide bonds. The maximum Gasteiger partial charge on any atom is 0.121 e. The first kappa shape index (κ1) is 17.9. The highest BCUT2D eigenvalue weighted by Crippen LogP contribution is 2.31. The minimum absolute atomic E-state index is 0.816. The zero-order valence-electron chi connectivity index (χ0n) is 15.1. The van der Waals surface area contributed by atoms with Gasteiger partial charge in [-0.15, -0.1) is 0 Å². The van der Waals surface area contributed by atoms with E-state index in [4.69, 9.17) is 9.72 Å².